The highest BCUT2D eigenvalue weighted by Crippen LogP contribution is 2.55. The Balaban J connectivity index is 1.25. The van der Waals surface area contributed by atoms with E-state index < -0.39 is 11.5 Å². The van der Waals surface area contributed by atoms with Crippen LogP contribution < -0.4 is 10.6 Å². The molecule has 7 heteroatoms. The van der Waals surface area contributed by atoms with Crippen LogP contribution in [-0.2, 0) is 9.59 Å². The lowest BCUT2D eigenvalue weighted by atomic mass is 9.53. The van der Waals surface area contributed by atoms with Crippen LogP contribution in [0.15, 0.2) is 0 Å². The number of nitrogens with zero attached hydrogens (tertiary/aromatic N) is 1. The topological polar surface area (TPSA) is 98.7 Å². The monoisotopic (exact) mass is 377 g/mol. The van der Waals surface area contributed by atoms with Gasteiger partial charge in [-0.3, -0.25) is 4.79 Å². The molecule has 0 aromatic heterocycles. The summed E-state index contributed by atoms with van der Waals surface area (Å²) in [4.78, 5) is 37.8. The fourth-order valence-electron chi connectivity index (χ4n) is 6.55. The zero-order chi connectivity index (χ0) is 19.2. The second kappa shape index (κ2) is 6.67. The first kappa shape index (κ1) is 18.6. The predicted molar refractivity (Wildman–Crippen MR) is 99.0 cm³/mol. The number of aliphatic carboxylic acids is 1. The Morgan fingerprint density at radius 1 is 1.07 bits per heavy atom. The second-order valence-electron chi connectivity index (χ2n) is 9.56. The highest BCUT2D eigenvalue weighted by molar-refractivity contribution is 5.87. The van der Waals surface area contributed by atoms with Crippen molar-refractivity contribution in [2.45, 2.75) is 75.8 Å². The summed E-state index contributed by atoms with van der Waals surface area (Å²) in [6, 6.07) is -0.188. The van der Waals surface area contributed by atoms with Crippen molar-refractivity contribution in [3.63, 3.8) is 0 Å². The van der Waals surface area contributed by atoms with Gasteiger partial charge in [0.15, 0.2) is 0 Å². The quantitative estimate of drug-likeness (QED) is 0.683. The molecular formula is C20H31N3O4. The van der Waals surface area contributed by atoms with Gasteiger partial charge in [-0.25, -0.2) is 9.59 Å². The van der Waals surface area contributed by atoms with E-state index in [1.807, 2.05) is 0 Å². The molecule has 0 spiro atoms. The van der Waals surface area contributed by atoms with Gasteiger partial charge in [0.2, 0.25) is 5.91 Å². The van der Waals surface area contributed by atoms with Crippen molar-refractivity contribution >= 4 is 17.9 Å². The summed E-state index contributed by atoms with van der Waals surface area (Å²) in [5, 5.41) is 15.5. The van der Waals surface area contributed by atoms with Gasteiger partial charge in [-0.1, -0.05) is 0 Å². The number of urea groups is 1. The normalized spacial score (nSPS) is 39.4. The zero-order valence-corrected chi connectivity index (χ0v) is 16.1. The van der Waals surface area contributed by atoms with E-state index in [9.17, 15) is 19.5 Å². The minimum absolute atomic E-state index is 0.0420. The zero-order valence-electron chi connectivity index (χ0n) is 16.1. The number of rotatable bonds is 5. The molecule has 1 atom stereocenters. The van der Waals surface area contributed by atoms with Gasteiger partial charge < -0.3 is 20.6 Å². The first-order valence-electron chi connectivity index (χ1n) is 10.4. The number of hydrogen-bond acceptors (Lipinski definition) is 3. The van der Waals surface area contributed by atoms with Crippen LogP contribution >= 0.6 is 0 Å². The molecule has 0 aromatic carbocycles. The van der Waals surface area contributed by atoms with Gasteiger partial charge in [0.05, 0.1) is 0 Å². The average Bonchev–Trinajstić information content (AvgIpc) is 2.96. The fraction of sp³-hybridized carbons (Fsp3) is 0.850. The molecule has 7 nitrogen and oxygen atoms in total. The fourth-order valence-corrected chi connectivity index (χ4v) is 6.55. The van der Waals surface area contributed by atoms with Crippen molar-refractivity contribution in [2.24, 2.45) is 17.8 Å². The number of carbonyl (C=O) groups is 3. The van der Waals surface area contributed by atoms with Crippen LogP contribution in [0.2, 0.25) is 0 Å². The number of amides is 3. The van der Waals surface area contributed by atoms with E-state index in [-0.39, 0.29) is 30.4 Å². The third-order valence-corrected chi connectivity index (χ3v) is 7.44. The van der Waals surface area contributed by atoms with Crippen LogP contribution in [0.25, 0.3) is 0 Å². The Morgan fingerprint density at radius 3 is 2.22 bits per heavy atom. The first-order chi connectivity index (χ1) is 12.8. The molecule has 150 valence electrons. The van der Waals surface area contributed by atoms with Crippen LogP contribution in [0, 0.1) is 17.8 Å². The maximum atomic E-state index is 12.4. The molecule has 1 heterocycles. The minimum Gasteiger partial charge on any atom is -0.480 e. The lowest BCUT2D eigenvalue weighted by Crippen LogP contribution is -2.61. The molecule has 1 saturated heterocycles. The molecule has 4 saturated carbocycles. The average molecular weight is 377 g/mol. The van der Waals surface area contributed by atoms with Crippen LogP contribution in [0.5, 0.6) is 0 Å². The molecule has 0 aromatic rings. The molecule has 27 heavy (non-hydrogen) atoms. The number of carbonyl (C=O) groups excluding carboxylic acids is 2. The molecule has 0 radical (unpaired) electrons. The van der Waals surface area contributed by atoms with E-state index in [1.165, 1.54) is 24.2 Å². The Labute approximate surface area is 160 Å². The van der Waals surface area contributed by atoms with Gasteiger partial charge in [-0.15, -0.1) is 0 Å². The molecule has 4 bridgehead atoms. The second-order valence-corrected chi connectivity index (χ2v) is 9.56. The molecule has 4 aliphatic carbocycles. The van der Waals surface area contributed by atoms with E-state index in [1.54, 1.807) is 6.92 Å². The summed E-state index contributed by atoms with van der Waals surface area (Å²) in [7, 11) is 0. The predicted octanol–water partition coefficient (Wildman–Crippen LogP) is 2.11. The van der Waals surface area contributed by atoms with E-state index in [2.05, 4.69) is 10.6 Å². The van der Waals surface area contributed by atoms with Gasteiger partial charge in [0.1, 0.15) is 5.54 Å². The minimum atomic E-state index is -1.11. The van der Waals surface area contributed by atoms with Crippen molar-refractivity contribution in [3.8, 4) is 0 Å². The molecule has 1 aliphatic heterocycles. The summed E-state index contributed by atoms with van der Waals surface area (Å²) in [5.74, 6) is 1.14. The van der Waals surface area contributed by atoms with Gasteiger partial charge in [-0.2, -0.15) is 0 Å². The standard InChI is InChI=1S/C20H31N3O4/c1-19(17(25)26)4-2-6-23(19)16(24)3-5-21-18(27)22-20-10-13-7-14(11-20)9-15(8-13)12-20/h13-15H,2-12H2,1H3,(H,25,26)(H2,21,22,27). The summed E-state index contributed by atoms with van der Waals surface area (Å²) in [6.07, 6.45) is 8.58. The first-order valence-corrected chi connectivity index (χ1v) is 10.4. The Bertz CT molecular complexity index is 614. The van der Waals surface area contributed by atoms with Gasteiger partial charge in [0.25, 0.3) is 0 Å². The Kier molecular flexibility index (Phi) is 4.59. The van der Waals surface area contributed by atoms with Crippen LogP contribution in [-0.4, -0.2) is 52.1 Å². The number of carboxylic acid groups (broad SMARTS) is 1. The highest BCUT2D eigenvalue weighted by atomic mass is 16.4. The highest BCUT2D eigenvalue weighted by Gasteiger charge is 2.51. The molecule has 5 fully saturated rings. The number of likely N-dealkylation sites (tertiary alicyclic amines) is 1. The summed E-state index contributed by atoms with van der Waals surface area (Å²) >= 11 is 0. The molecule has 5 rings (SSSR count). The third kappa shape index (κ3) is 3.41. The Hall–Kier alpha value is -1.79. The van der Waals surface area contributed by atoms with Crippen LogP contribution in [0.1, 0.15) is 64.7 Å². The SMILES string of the molecule is CC1(C(=O)O)CCCN1C(=O)CCNC(=O)NC12CC3CC(CC(C3)C1)C2. The van der Waals surface area contributed by atoms with Crippen LogP contribution in [0.3, 0.4) is 0 Å². The van der Waals surface area contributed by atoms with Crippen molar-refractivity contribution in [2.75, 3.05) is 13.1 Å². The summed E-state index contributed by atoms with van der Waals surface area (Å²) < 4.78 is 0. The molecule has 3 amide bonds. The number of carboxylic acids is 1. The maximum Gasteiger partial charge on any atom is 0.329 e. The lowest BCUT2D eigenvalue weighted by molar-refractivity contribution is -0.155. The van der Waals surface area contributed by atoms with E-state index in [0.29, 0.717) is 19.4 Å². The van der Waals surface area contributed by atoms with E-state index in [4.69, 9.17) is 0 Å². The van der Waals surface area contributed by atoms with Crippen molar-refractivity contribution in [1.29, 1.82) is 0 Å². The number of hydrogen-bond donors (Lipinski definition) is 3. The van der Waals surface area contributed by atoms with Crippen molar-refractivity contribution in [1.82, 2.24) is 15.5 Å². The van der Waals surface area contributed by atoms with Crippen LogP contribution in [0.4, 0.5) is 4.79 Å². The summed E-state index contributed by atoms with van der Waals surface area (Å²) in [5.41, 5.74) is -1.15. The van der Waals surface area contributed by atoms with Crippen molar-refractivity contribution in [3.05, 3.63) is 0 Å². The van der Waals surface area contributed by atoms with Gasteiger partial charge in [0, 0.05) is 25.0 Å². The van der Waals surface area contributed by atoms with Gasteiger partial charge in [-0.05, 0) is 76.0 Å². The smallest absolute Gasteiger partial charge is 0.329 e. The Morgan fingerprint density at radius 2 is 1.67 bits per heavy atom. The molecule has 3 N–H and O–H groups in total. The lowest BCUT2D eigenvalue weighted by Gasteiger charge is -2.56. The molecule has 5 aliphatic rings. The van der Waals surface area contributed by atoms with Crippen molar-refractivity contribution < 1.29 is 19.5 Å². The summed E-state index contributed by atoms with van der Waals surface area (Å²) in [6.45, 7) is 2.32. The maximum absolute atomic E-state index is 12.4. The van der Waals surface area contributed by atoms with Gasteiger partial charge >= 0.3 is 12.0 Å². The van der Waals surface area contributed by atoms with E-state index >= 15 is 0 Å². The number of nitrogens with one attached hydrogen (secondary N) is 2. The third-order valence-electron chi connectivity index (χ3n) is 7.44. The molecular weight excluding hydrogens is 346 g/mol. The molecule has 1 unspecified atom stereocenters. The van der Waals surface area contributed by atoms with E-state index in [0.717, 1.165) is 37.0 Å². The largest absolute Gasteiger partial charge is 0.480 e.